The first kappa shape index (κ1) is 14.7. The molecule has 1 aromatic rings. The number of rotatable bonds is 2. The van der Waals surface area contributed by atoms with E-state index >= 15 is 0 Å². The Bertz CT molecular complexity index is 476. The molecule has 2 rings (SSSR count). The number of hydrogen-bond donors (Lipinski definition) is 2. The first-order chi connectivity index (χ1) is 9.22. The standard InChI is InChI=1S/C14H24N4O2/c1-13(2,3)20-12(19)16-14(7-5-6-8-14)10-9-11(15)18(4)17-10/h9H,5-8,15H2,1-4H3,(H,16,19). The van der Waals surface area contributed by atoms with Crippen molar-refractivity contribution < 1.29 is 9.53 Å². The van der Waals surface area contributed by atoms with Crippen molar-refractivity contribution in [3.8, 4) is 0 Å². The fraction of sp³-hybridized carbons (Fsp3) is 0.714. The van der Waals surface area contributed by atoms with Crippen molar-refractivity contribution in [2.45, 2.75) is 57.6 Å². The van der Waals surface area contributed by atoms with Crippen LogP contribution in [0.3, 0.4) is 0 Å². The summed E-state index contributed by atoms with van der Waals surface area (Å²) in [4.78, 5) is 12.1. The third-order valence-electron chi connectivity index (χ3n) is 3.60. The summed E-state index contributed by atoms with van der Waals surface area (Å²) in [6.45, 7) is 5.56. The van der Waals surface area contributed by atoms with Crippen LogP contribution in [0.1, 0.15) is 52.1 Å². The van der Waals surface area contributed by atoms with Gasteiger partial charge in [0.25, 0.3) is 0 Å². The van der Waals surface area contributed by atoms with E-state index in [1.807, 2.05) is 26.8 Å². The zero-order chi connectivity index (χ0) is 15.0. The van der Waals surface area contributed by atoms with Crippen molar-refractivity contribution >= 4 is 11.9 Å². The average Bonchev–Trinajstić information content (AvgIpc) is 2.85. The Hall–Kier alpha value is -1.72. The van der Waals surface area contributed by atoms with Gasteiger partial charge >= 0.3 is 6.09 Å². The quantitative estimate of drug-likeness (QED) is 0.870. The molecule has 1 aromatic heterocycles. The normalized spacial score (nSPS) is 18.0. The second kappa shape index (κ2) is 5.00. The van der Waals surface area contributed by atoms with Gasteiger partial charge in [-0.1, -0.05) is 12.8 Å². The fourth-order valence-electron chi connectivity index (χ4n) is 2.64. The minimum atomic E-state index is -0.507. The minimum Gasteiger partial charge on any atom is -0.444 e. The van der Waals surface area contributed by atoms with Gasteiger partial charge in [-0.15, -0.1) is 0 Å². The molecule has 0 saturated heterocycles. The second-order valence-corrected chi connectivity index (χ2v) is 6.49. The molecule has 1 heterocycles. The summed E-state index contributed by atoms with van der Waals surface area (Å²) in [5, 5.41) is 7.45. The number of ether oxygens (including phenoxy) is 1. The summed E-state index contributed by atoms with van der Waals surface area (Å²) in [6, 6.07) is 1.84. The fourth-order valence-corrected chi connectivity index (χ4v) is 2.64. The van der Waals surface area contributed by atoms with Crippen molar-refractivity contribution in [2.75, 3.05) is 5.73 Å². The smallest absolute Gasteiger partial charge is 0.408 e. The number of anilines is 1. The van der Waals surface area contributed by atoms with E-state index in [1.54, 1.807) is 11.7 Å². The first-order valence-corrected chi connectivity index (χ1v) is 7.03. The maximum absolute atomic E-state index is 12.1. The van der Waals surface area contributed by atoms with Gasteiger partial charge in [0.1, 0.15) is 11.4 Å². The lowest BCUT2D eigenvalue weighted by molar-refractivity contribution is 0.0450. The van der Waals surface area contributed by atoms with Crippen molar-refractivity contribution in [2.24, 2.45) is 7.05 Å². The van der Waals surface area contributed by atoms with Crippen LogP contribution < -0.4 is 11.1 Å². The number of aryl methyl sites for hydroxylation is 1. The first-order valence-electron chi connectivity index (χ1n) is 7.03. The third-order valence-corrected chi connectivity index (χ3v) is 3.60. The highest BCUT2D eigenvalue weighted by Gasteiger charge is 2.40. The Balaban J connectivity index is 2.20. The molecule has 1 fully saturated rings. The molecule has 1 aliphatic rings. The van der Waals surface area contributed by atoms with Crippen molar-refractivity contribution in [3.05, 3.63) is 11.8 Å². The number of nitrogen functional groups attached to an aromatic ring is 1. The van der Waals surface area contributed by atoms with Crippen LogP contribution in [-0.4, -0.2) is 21.5 Å². The van der Waals surface area contributed by atoms with Crippen molar-refractivity contribution in [1.82, 2.24) is 15.1 Å². The van der Waals surface area contributed by atoms with Crippen LogP contribution in [0.4, 0.5) is 10.6 Å². The Morgan fingerprint density at radius 1 is 1.45 bits per heavy atom. The topological polar surface area (TPSA) is 82.2 Å². The van der Waals surface area contributed by atoms with Crippen LogP contribution in [0.25, 0.3) is 0 Å². The second-order valence-electron chi connectivity index (χ2n) is 6.49. The third kappa shape index (κ3) is 3.05. The zero-order valence-electron chi connectivity index (χ0n) is 12.7. The van der Waals surface area contributed by atoms with E-state index in [1.165, 1.54) is 0 Å². The van der Waals surface area contributed by atoms with Gasteiger partial charge in [0, 0.05) is 13.1 Å². The van der Waals surface area contributed by atoms with E-state index < -0.39 is 17.2 Å². The molecule has 1 aliphatic carbocycles. The van der Waals surface area contributed by atoms with Gasteiger partial charge in [-0.3, -0.25) is 4.68 Å². The highest BCUT2D eigenvalue weighted by molar-refractivity contribution is 5.69. The summed E-state index contributed by atoms with van der Waals surface area (Å²) in [5.41, 5.74) is 5.72. The molecule has 0 aliphatic heterocycles. The number of carbonyl (C=O) groups excluding carboxylic acids is 1. The molecule has 0 unspecified atom stereocenters. The molecule has 0 spiro atoms. The van der Waals surface area contributed by atoms with Crippen LogP contribution in [0, 0.1) is 0 Å². The van der Waals surface area contributed by atoms with Crippen LogP contribution in [0.5, 0.6) is 0 Å². The summed E-state index contributed by atoms with van der Waals surface area (Å²) in [5.74, 6) is 0.595. The van der Waals surface area contributed by atoms with E-state index in [0.29, 0.717) is 5.82 Å². The molecule has 0 aromatic carbocycles. The van der Waals surface area contributed by atoms with Gasteiger partial charge in [0.15, 0.2) is 0 Å². The van der Waals surface area contributed by atoms with Gasteiger partial charge < -0.3 is 15.8 Å². The lowest BCUT2D eigenvalue weighted by atomic mass is 9.93. The highest BCUT2D eigenvalue weighted by Crippen LogP contribution is 2.38. The van der Waals surface area contributed by atoms with E-state index in [4.69, 9.17) is 10.5 Å². The number of amides is 1. The predicted octanol–water partition coefficient (Wildman–Crippen LogP) is 2.30. The Morgan fingerprint density at radius 2 is 2.05 bits per heavy atom. The number of aromatic nitrogens is 2. The molecule has 1 amide bonds. The molecule has 6 heteroatoms. The Labute approximate surface area is 119 Å². The zero-order valence-corrected chi connectivity index (χ0v) is 12.7. The monoisotopic (exact) mass is 280 g/mol. The Morgan fingerprint density at radius 3 is 2.50 bits per heavy atom. The number of nitrogens with two attached hydrogens (primary N) is 1. The van der Waals surface area contributed by atoms with Crippen LogP contribution in [-0.2, 0) is 17.3 Å². The molecule has 0 atom stereocenters. The molecule has 0 bridgehead atoms. The van der Waals surface area contributed by atoms with Gasteiger partial charge in [-0.25, -0.2) is 4.79 Å². The summed E-state index contributed by atoms with van der Waals surface area (Å²) < 4.78 is 7.00. The van der Waals surface area contributed by atoms with E-state index in [2.05, 4.69) is 10.4 Å². The van der Waals surface area contributed by atoms with Crippen molar-refractivity contribution in [3.63, 3.8) is 0 Å². The summed E-state index contributed by atoms with van der Waals surface area (Å²) in [7, 11) is 1.80. The van der Waals surface area contributed by atoms with Crippen LogP contribution in [0.15, 0.2) is 6.07 Å². The van der Waals surface area contributed by atoms with E-state index in [-0.39, 0.29) is 0 Å². The minimum absolute atomic E-state index is 0.399. The number of carbonyl (C=O) groups is 1. The van der Waals surface area contributed by atoms with E-state index in [9.17, 15) is 4.79 Å². The lowest BCUT2D eigenvalue weighted by Crippen LogP contribution is -2.46. The number of nitrogens with one attached hydrogen (secondary N) is 1. The molecule has 6 nitrogen and oxygen atoms in total. The molecule has 1 saturated carbocycles. The van der Waals surface area contributed by atoms with Crippen LogP contribution in [0.2, 0.25) is 0 Å². The summed E-state index contributed by atoms with van der Waals surface area (Å²) in [6.07, 6.45) is 3.45. The number of hydrogen-bond acceptors (Lipinski definition) is 4. The largest absolute Gasteiger partial charge is 0.444 e. The van der Waals surface area contributed by atoms with Crippen molar-refractivity contribution in [1.29, 1.82) is 0 Å². The lowest BCUT2D eigenvalue weighted by Gasteiger charge is -2.30. The van der Waals surface area contributed by atoms with Gasteiger partial charge in [0.2, 0.25) is 0 Å². The molecular weight excluding hydrogens is 256 g/mol. The maximum Gasteiger partial charge on any atom is 0.408 e. The van der Waals surface area contributed by atoms with Gasteiger partial charge in [-0.05, 0) is 33.6 Å². The van der Waals surface area contributed by atoms with Gasteiger partial charge in [-0.2, -0.15) is 5.10 Å². The molecule has 3 N–H and O–H groups in total. The molecule has 112 valence electrons. The maximum atomic E-state index is 12.1. The number of nitrogens with zero attached hydrogens (tertiary/aromatic N) is 2. The molecule has 20 heavy (non-hydrogen) atoms. The SMILES string of the molecule is Cn1nc(C2(NC(=O)OC(C)(C)C)CCCC2)cc1N. The molecular formula is C14H24N4O2. The summed E-state index contributed by atoms with van der Waals surface area (Å²) >= 11 is 0. The molecule has 0 radical (unpaired) electrons. The van der Waals surface area contributed by atoms with Gasteiger partial charge in [0.05, 0.1) is 11.2 Å². The average molecular weight is 280 g/mol. The highest BCUT2D eigenvalue weighted by atomic mass is 16.6. The predicted molar refractivity (Wildman–Crippen MR) is 77.1 cm³/mol. The number of alkyl carbamates (subject to hydrolysis) is 1. The van der Waals surface area contributed by atoms with E-state index in [0.717, 1.165) is 31.4 Å². The van der Waals surface area contributed by atoms with Crippen LogP contribution >= 0.6 is 0 Å². The Kier molecular flexibility index (Phi) is 3.67.